The van der Waals surface area contributed by atoms with Crippen molar-refractivity contribution in [2.45, 2.75) is 31.1 Å². The zero-order chi connectivity index (χ0) is 19.6. The van der Waals surface area contributed by atoms with Crippen LogP contribution in [0.1, 0.15) is 23.9 Å². The van der Waals surface area contributed by atoms with Gasteiger partial charge < -0.3 is 4.74 Å². The van der Waals surface area contributed by atoms with Gasteiger partial charge in [-0.25, -0.2) is 13.4 Å². The number of thiazole rings is 1. The van der Waals surface area contributed by atoms with Gasteiger partial charge in [0.1, 0.15) is 0 Å². The van der Waals surface area contributed by atoms with Crippen molar-refractivity contribution in [2.24, 2.45) is 5.92 Å². The van der Waals surface area contributed by atoms with Crippen LogP contribution in [0.4, 0.5) is 10.8 Å². The molecule has 1 unspecified atom stereocenters. The van der Waals surface area contributed by atoms with Gasteiger partial charge in [-0.3, -0.25) is 19.6 Å². The lowest BCUT2D eigenvalue weighted by molar-refractivity contribution is -0.384. The van der Waals surface area contributed by atoms with Crippen molar-refractivity contribution >= 4 is 38.1 Å². The predicted octanol–water partition coefficient (Wildman–Crippen LogP) is 2.52. The normalized spacial score (nSPS) is 16.4. The fraction of sp³-hybridized carbons (Fsp3) is 0.375. The molecule has 1 aromatic heterocycles. The molecule has 1 atom stereocenters. The van der Waals surface area contributed by atoms with Crippen molar-refractivity contribution in [1.82, 2.24) is 4.98 Å². The largest absolute Gasteiger partial charge is 0.466 e. The molecule has 0 spiro atoms. The summed E-state index contributed by atoms with van der Waals surface area (Å²) in [5.41, 5.74) is 0.589. The Hall–Kier alpha value is -2.53. The molecule has 0 fully saturated rings. The molecular weight excluding hydrogens is 394 g/mol. The summed E-state index contributed by atoms with van der Waals surface area (Å²) >= 11 is 1.19. The number of rotatable bonds is 6. The van der Waals surface area contributed by atoms with Crippen LogP contribution >= 0.6 is 11.3 Å². The number of hydrogen-bond acceptors (Lipinski definition) is 8. The fourth-order valence-corrected chi connectivity index (χ4v) is 5.12. The first-order valence-corrected chi connectivity index (χ1v) is 10.5. The molecule has 144 valence electrons. The molecule has 0 bridgehead atoms. The zero-order valence-corrected chi connectivity index (χ0v) is 16.0. The van der Waals surface area contributed by atoms with E-state index in [1.54, 1.807) is 6.92 Å². The maximum Gasteiger partial charge on any atom is 0.309 e. The second kappa shape index (κ2) is 7.61. The summed E-state index contributed by atoms with van der Waals surface area (Å²) in [6.45, 7) is 2.08. The number of hydrogen-bond donors (Lipinski definition) is 1. The topological polar surface area (TPSA) is 128 Å². The van der Waals surface area contributed by atoms with Gasteiger partial charge in [-0.15, -0.1) is 11.3 Å². The quantitative estimate of drug-likeness (QED) is 0.439. The molecule has 0 saturated heterocycles. The van der Waals surface area contributed by atoms with Crippen LogP contribution in [0, 0.1) is 16.0 Å². The Labute approximate surface area is 159 Å². The Morgan fingerprint density at radius 2 is 2.11 bits per heavy atom. The molecule has 1 aromatic carbocycles. The minimum absolute atomic E-state index is 0.0920. The van der Waals surface area contributed by atoms with Crippen molar-refractivity contribution in [3.63, 3.8) is 0 Å². The van der Waals surface area contributed by atoms with Crippen LogP contribution in [0.5, 0.6) is 0 Å². The van der Waals surface area contributed by atoms with Crippen LogP contribution in [0.2, 0.25) is 0 Å². The minimum atomic E-state index is -3.91. The molecule has 1 aliphatic carbocycles. The van der Waals surface area contributed by atoms with Gasteiger partial charge in [0.25, 0.3) is 15.7 Å². The number of ether oxygens (including phenoxy) is 1. The van der Waals surface area contributed by atoms with E-state index in [1.165, 1.54) is 23.5 Å². The van der Waals surface area contributed by atoms with Crippen molar-refractivity contribution in [3.8, 4) is 0 Å². The monoisotopic (exact) mass is 411 g/mol. The Morgan fingerprint density at radius 3 is 2.74 bits per heavy atom. The summed E-state index contributed by atoms with van der Waals surface area (Å²) in [5, 5.41) is 10.9. The number of aryl methyl sites for hydroxylation is 1. The van der Waals surface area contributed by atoms with Crippen LogP contribution in [0.25, 0.3) is 0 Å². The van der Waals surface area contributed by atoms with E-state index in [0.717, 1.165) is 22.7 Å². The van der Waals surface area contributed by atoms with E-state index in [9.17, 15) is 23.3 Å². The minimum Gasteiger partial charge on any atom is -0.466 e. The van der Waals surface area contributed by atoms with Crippen LogP contribution < -0.4 is 4.72 Å². The first-order valence-electron chi connectivity index (χ1n) is 8.22. The maximum absolute atomic E-state index is 12.5. The Kier molecular flexibility index (Phi) is 5.42. The number of fused-ring (bicyclic) bond motifs is 1. The SMILES string of the molecule is CCOC(=O)C1CCc2nc(NS(=O)(=O)c3ccc([N+](=O)[O-])cc3)sc2C1. The third-order valence-corrected chi connectivity index (χ3v) is 6.66. The number of anilines is 1. The third kappa shape index (κ3) is 4.25. The lowest BCUT2D eigenvalue weighted by Crippen LogP contribution is -2.24. The predicted molar refractivity (Wildman–Crippen MR) is 98.2 cm³/mol. The summed E-state index contributed by atoms with van der Waals surface area (Å²) in [6.07, 6.45) is 1.67. The molecule has 0 saturated carbocycles. The molecule has 9 nitrogen and oxygen atoms in total. The molecular formula is C16H17N3O6S2. The van der Waals surface area contributed by atoms with E-state index < -0.39 is 14.9 Å². The molecule has 0 radical (unpaired) electrons. The highest BCUT2D eigenvalue weighted by atomic mass is 32.2. The van der Waals surface area contributed by atoms with E-state index in [2.05, 4.69) is 9.71 Å². The first-order chi connectivity index (χ1) is 12.8. The lowest BCUT2D eigenvalue weighted by atomic mass is 9.91. The highest BCUT2D eigenvalue weighted by Crippen LogP contribution is 2.33. The van der Waals surface area contributed by atoms with Gasteiger partial charge in [0, 0.05) is 17.0 Å². The van der Waals surface area contributed by atoms with Gasteiger partial charge in [-0.1, -0.05) is 0 Å². The molecule has 3 rings (SSSR count). The van der Waals surface area contributed by atoms with Crippen molar-refractivity contribution in [1.29, 1.82) is 0 Å². The summed E-state index contributed by atoms with van der Waals surface area (Å²) < 4.78 is 32.4. The van der Waals surface area contributed by atoms with Crippen LogP contribution in [-0.2, 0) is 32.4 Å². The number of carbonyl (C=O) groups excluding carboxylic acids is 1. The number of carbonyl (C=O) groups is 1. The number of nitro groups is 1. The van der Waals surface area contributed by atoms with Crippen molar-refractivity contribution < 1.29 is 22.9 Å². The van der Waals surface area contributed by atoms with Gasteiger partial charge in [0.2, 0.25) is 0 Å². The smallest absolute Gasteiger partial charge is 0.309 e. The van der Waals surface area contributed by atoms with Crippen LogP contribution in [-0.4, -0.2) is 30.9 Å². The van der Waals surface area contributed by atoms with Gasteiger partial charge >= 0.3 is 5.97 Å². The number of sulfonamides is 1. The molecule has 0 amide bonds. The lowest BCUT2D eigenvalue weighted by Gasteiger charge is -2.18. The standard InChI is InChI=1S/C16H17N3O6S2/c1-2-25-15(20)10-3-8-13-14(9-10)26-16(17-13)18-27(23,24)12-6-4-11(5-7-12)19(21)22/h4-7,10H,2-3,8-9H2,1H3,(H,17,18). The molecule has 2 aromatic rings. The summed E-state index contributed by atoms with van der Waals surface area (Å²) in [6, 6.07) is 4.60. The van der Waals surface area contributed by atoms with Gasteiger partial charge in [-0.05, 0) is 38.3 Å². The Morgan fingerprint density at radius 1 is 1.41 bits per heavy atom. The molecule has 1 heterocycles. The molecule has 11 heteroatoms. The van der Waals surface area contributed by atoms with Gasteiger partial charge in [0.15, 0.2) is 5.13 Å². The average Bonchev–Trinajstić information content (AvgIpc) is 3.02. The summed E-state index contributed by atoms with van der Waals surface area (Å²) in [7, 11) is -3.91. The highest BCUT2D eigenvalue weighted by molar-refractivity contribution is 7.93. The van der Waals surface area contributed by atoms with Crippen molar-refractivity contribution in [3.05, 3.63) is 45.0 Å². The zero-order valence-electron chi connectivity index (χ0n) is 14.4. The van der Waals surface area contributed by atoms with E-state index in [0.29, 0.717) is 25.9 Å². The number of nitro benzene ring substituents is 1. The maximum atomic E-state index is 12.5. The molecule has 1 N–H and O–H groups in total. The number of nitrogens with one attached hydrogen (secondary N) is 1. The Bertz CT molecular complexity index is 969. The highest BCUT2D eigenvalue weighted by Gasteiger charge is 2.29. The number of non-ortho nitro benzene ring substituents is 1. The summed E-state index contributed by atoms with van der Waals surface area (Å²) in [5.74, 6) is -0.485. The fourth-order valence-electron chi connectivity index (χ4n) is 2.80. The molecule has 27 heavy (non-hydrogen) atoms. The van der Waals surface area contributed by atoms with E-state index in [4.69, 9.17) is 4.74 Å². The first kappa shape index (κ1) is 19.2. The van der Waals surface area contributed by atoms with Crippen LogP contribution in [0.15, 0.2) is 29.2 Å². The number of benzene rings is 1. The van der Waals surface area contributed by atoms with E-state index in [-0.39, 0.29) is 27.6 Å². The van der Waals surface area contributed by atoms with E-state index >= 15 is 0 Å². The average molecular weight is 411 g/mol. The van der Waals surface area contributed by atoms with Crippen molar-refractivity contribution in [2.75, 3.05) is 11.3 Å². The second-order valence-electron chi connectivity index (χ2n) is 5.94. The number of esters is 1. The molecule has 1 aliphatic rings. The summed E-state index contributed by atoms with van der Waals surface area (Å²) in [4.78, 5) is 27.1. The van der Waals surface area contributed by atoms with E-state index in [1.807, 2.05) is 0 Å². The second-order valence-corrected chi connectivity index (χ2v) is 8.70. The number of aromatic nitrogens is 1. The van der Waals surface area contributed by atoms with Gasteiger partial charge in [0.05, 0.1) is 28.0 Å². The third-order valence-electron chi connectivity index (χ3n) is 4.14. The van der Waals surface area contributed by atoms with Gasteiger partial charge in [-0.2, -0.15) is 0 Å². The Balaban J connectivity index is 1.75. The molecule has 0 aliphatic heterocycles. The number of nitrogens with zero attached hydrogens (tertiary/aromatic N) is 2. The van der Waals surface area contributed by atoms with Crippen LogP contribution in [0.3, 0.4) is 0 Å².